The van der Waals surface area contributed by atoms with E-state index in [4.69, 9.17) is 12.2 Å². The van der Waals surface area contributed by atoms with Gasteiger partial charge in [-0.25, -0.2) is 0 Å². The number of hydrogen-bond acceptors (Lipinski definition) is 4. The Kier molecular flexibility index (Phi) is 6.01. The Bertz CT molecular complexity index is 464. The number of rotatable bonds is 6. The van der Waals surface area contributed by atoms with Crippen molar-refractivity contribution in [1.29, 1.82) is 0 Å². The molecular formula is C10H16N2O2S3. The minimum Gasteiger partial charge on any atom is -0.355 e. The van der Waals surface area contributed by atoms with Gasteiger partial charge < -0.3 is 10.3 Å². The van der Waals surface area contributed by atoms with Gasteiger partial charge in [-0.2, -0.15) is 0 Å². The Balaban J connectivity index is 2.37. The fourth-order valence-electron chi connectivity index (χ4n) is 1.26. The molecule has 17 heavy (non-hydrogen) atoms. The third kappa shape index (κ3) is 5.10. The van der Waals surface area contributed by atoms with Crippen LogP contribution in [-0.2, 0) is 22.0 Å². The smallest absolute Gasteiger partial charge is 0.225 e. The first-order valence-electron chi connectivity index (χ1n) is 5.33. The average molecular weight is 292 g/mol. The fraction of sp³-hybridized carbons (Fsp3) is 0.600. The minimum atomic E-state index is -0.825. The van der Waals surface area contributed by atoms with Gasteiger partial charge in [-0.1, -0.05) is 6.92 Å². The van der Waals surface area contributed by atoms with Crippen molar-refractivity contribution in [1.82, 2.24) is 10.3 Å². The zero-order valence-corrected chi connectivity index (χ0v) is 12.3. The van der Waals surface area contributed by atoms with E-state index in [0.717, 1.165) is 10.6 Å². The van der Waals surface area contributed by atoms with Crippen LogP contribution in [0.25, 0.3) is 0 Å². The van der Waals surface area contributed by atoms with E-state index in [0.29, 0.717) is 28.4 Å². The number of aryl methyl sites for hydroxylation is 1. The van der Waals surface area contributed by atoms with E-state index in [9.17, 15) is 9.00 Å². The predicted octanol–water partition coefficient (Wildman–Crippen LogP) is 1.54. The van der Waals surface area contributed by atoms with Gasteiger partial charge in [-0.3, -0.25) is 9.00 Å². The van der Waals surface area contributed by atoms with E-state index < -0.39 is 10.8 Å². The quantitative estimate of drug-likeness (QED) is 0.782. The van der Waals surface area contributed by atoms with Gasteiger partial charge in [0.05, 0.1) is 6.42 Å². The lowest BCUT2D eigenvalue weighted by Crippen LogP contribution is -2.29. The molecule has 0 saturated carbocycles. The second-order valence-corrected chi connectivity index (χ2v) is 7.16. The largest absolute Gasteiger partial charge is 0.355 e. The molecule has 1 heterocycles. The Morgan fingerprint density at radius 2 is 2.29 bits per heavy atom. The molecule has 0 bridgehead atoms. The van der Waals surface area contributed by atoms with Gasteiger partial charge in [0.25, 0.3) is 0 Å². The number of amides is 1. The van der Waals surface area contributed by atoms with Crippen LogP contribution in [-0.4, -0.2) is 33.2 Å². The first-order valence-corrected chi connectivity index (χ1v) is 8.04. The molecule has 0 spiro atoms. The third-order valence-corrected chi connectivity index (χ3v) is 4.86. The summed E-state index contributed by atoms with van der Waals surface area (Å²) < 4.78 is 11.8. The molecule has 0 fully saturated rings. The number of carbonyl (C=O) groups is 1. The number of carbonyl (C=O) groups excluding carboxylic acids is 1. The fourth-order valence-corrected chi connectivity index (χ4v) is 3.17. The zero-order chi connectivity index (χ0) is 12.8. The Labute approximate surface area is 112 Å². The molecule has 1 unspecified atom stereocenters. The highest BCUT2D eigenvalue weighted by Gasteiger charge is 2.08. The molecule has 1 rings (SSSR count). The van der Waals surface area contributed by atoms with Gasteiger partial charge in [0.15, 0.2) is 3.95 Å². The van der Waals surface area contributed by atoms with Crippen LogP contribution in [0.4, 0.5) is 0 Å². The summed E-state index contributed by atoms with van der Waals surface area (Å²) in [7, 11) is -0.825. The summed E-state index contributed by atoms with van der Waals surface area (Å²) in [5.41, 5.74) is 0.951. The SMILES string of the molecule is CCS(=O)CCNC(=O)Cc1sc(=S)[nH]c1C. The molecular weight excluding hydrogens is 276 g/mol. The summed E-state index contributed by atoms with van der Waals surface area (Å²) in [6.07, 6.45) is 0.336. The van der Waals surface area contributed by atoms with Crippen LogP contribution in [0.15, 0.2) is 0 Å². The lowest BCUT2D eigenvalue weighted by Gasteiger charge is -2.03. The Hall–Kier alpha value is -0.530. The number of thiazole rings is 1. The molecule has 96 valence electrons. The van der Waals surface area contributed by atoms with Gasteiger partial charge in [0, 0.05) is 39.4 Å². The van der Waals surface area contributed by atoms with Gasteiger partial charge in [-0.15, -0.1) is 11.3 Å². The van der Waals surface area contributed by atoms with E-state index in [1.165, 1.54) is 11.3 Å². The van der Waals surface area contributed by atoms with Crippen LogP contribution in [0.1, 0.15) is 17.5 Å². The maximum Gasteiger partial charge on any atom is 0.225 e. The highest BCUT2D eigenvalue weighted by Crippen LogP contribution is 2.14. The van der Waals surface area contributed by atoms with Crippen molar-refractivity contribution < 1.29 is 9.00 Å². The zero-order valence-electron chi connectivity index (χ0n) is 9.87. The van der Waals surface area contributed by atoms with Crippen LogP contribution in [0.5, 0.6) is 0 Å². The van der Waals surface area contributed by atoms with E-state index in [-0.39, 0.29) is 5.91 Å². The number of H-pyrrole nitrogens is 1. The van der Waals surface area contributed by atoms with Gasteiger partial charge in [0.1, 0.15) is 0 Å². The van der Waals surface area contributed by atoms with Crippen molar-refractivity contribution >= 4 is 40.3 Å². The first kappa shape index (κ1) is 14.5. The van der Waals surface area contributed by atoms with Crippen molar-refractivity contribution in [3.63, 3.8) is 0 Å². The Morgan fingerprint density at radius 3 is 2.82 bits per heavy atom. The maximum absolute atomic E-state index is 11.6. The van der Waals surface area contributed by atoms with Gasteiger partial charge >= 0.3 is 0 Å². The second kappa shape index (κ2) is 7.03. The number of aromatic amines is 1. The van der Waals surface area contributed by atoms with Crippen molar-refractivity contribution in [2.45, 2.75) is 20.3 Å². The minimum absolute atomic E-state index is 0.0496. The highest BCUT2D eigenvalue weighted by atomic mass is 32.2. The summed E-state index contributed by atoms with van der Waals surface area (Å²) >= 11 is 6.43. The number of nitrogens with one attached hydrogen (secondary N) is 2. The summed E-state index contributed by atoms with van der Waals surface area (Å²) in [5, 5.41) is 2.76. The summed E-state index contributed by atoms with van der Waals surface area (Å²) in [6, 6.07) is 0. The molecule has 1 atom stereocenters. The van der Waals surface area contributed by atoms with E-state index in [1.807, 2.05) is 13.8 Å². The summed E-state index contributed by atoms with van der Waals surface area (Å²) in [5.74, 6) is 1.10. The van der Waals surface area contributed by atoms with Crippen molar-refractivity contribution in [2.75, 3.05) is 18.1 Å². The van der Waals surface area contributed by atoms with E-state index in [2.05, 4.69) is 10.3 Å². The molecule has 0 aromatic carbocycles. The molecule has 1 amide bonds. The van der Waals surface area contributed by atoms with Crippen molar-refractivity contribution in [3.8, 4) is 0 Å². The molecule has 1 aromatic heterocycles. The monoisotopic (exact) mass is 292 g/mol. The molecule has 7 heteroatoms. The van der Waals surface area contributed by atoms with E-state index >= 15 is 0 Å². The van der Waals surface area contributed by atoms with Crippen molar-refractivity contribution in [3.05, 3.63) is 14.5 Å². The molecule has 0 aliphatic heterocycles. The average Bonchev–Trinajstić information content (AvgIpc) is 2.57. The molecule has 0 saturated heterocycles. The third-order valence-electron chi connectivity index (χ3n) is 2.22. The maximum atomic E-state index is 11.6. The van der Waals surface area contributed by atoms with Crippen LogP contribution >= 0.6 is 23.6 Å². The predicted molar refractivity (Wildman–Crippen MR) is 74.5 cm³/mol. The Morgan fingerprint density at radius 1 is 1.59 bits per heavy atom. The second-order valence-electron chi connectivity index (χ2n) is 3.52. The van der Waals surface area contributed by atoms with Crippen LogP contribution < -0.4 is 5.32 Å². The first-order chi connectivity index (χ1) is 8.02. The van der Waals surface area contributed by atoms with Gasteiger partial charge in [0.2, 0.25) is 5.91 Å². The van der Waals surface area contributed by atoms with Crippen LogP contribution in [0.3, 0.4) is 0 Å². The molecule has 4 nitrogen and oxygen atoms in total. The van der Waals surface area contributed by atoms with Gasteiger partial charge in [-0.05, 0) is 19.1 Å². The standard InChI is InChI=1S/C10H16N2O2S3/c1-3-17(14)5-4-11-9(13)6-8-7(2)12-10(15)16-8/h3-6H2,1-2H3,(H,11,13)(H,12,15). The molecule has 2 N–H and O–H groups in total. The van der Waals surface area contributed by atoms with Crippen LogP contribution in [0.2, 0.25) is 0 Å². The number of hydrogen-bond donors (Lipinski definition) is 2. The number of aromatic nitrogens is 1. The molecule has 1 aromatic rings. The lowest BCUT2D eigenvalue weighted by atomic mass is 10.3. The highest BCUT2D eigenvalue weighted by molar-refractivity contribution is 7.84. The molecule has 0 aliphatic carbocycles. The topological polar surface area (TPSA) is 62.0 Å². The van der Waals surface area contributed by atoms with E-state index in [1.54, 1.807) is 0 Å². The summed E-state index contributed by atoms with van der Waals surface area (Å²) in [4.78, 5) is 15.6. The molecule has 0 radical (unpaired) electrons. The molecule has 0 aliphatic rings. The van der Waals surface area contributed by atoms with Crippen molar-refractivity contribution in [2.24, 2.45) is 0 Å². The van der Waals surface area contributed by atoms with Crippen LogP contribution in [0, 0.1) is 10.9 Å². The summed E-state index contributed by atoms with van der Waals surface area (Å²) in [6.45, 7) is 4.24. The lowest BCUT2D eigenvalue weighted by molar-refractivity contribution is -0.120. The normalized spacial score (nSPS) is 12.4.